The van der Waals surface area contributed by atoms with Crippen LogP contribution in [0.1, 0.15) is 44.6 Å². The predicted octanol–water partition coefficient (Wildman–Crippen LogP) is 2.56. The fourth-order valence-corrected chi connectivity index (χ4v) is 2.09. The number of nitrogens with one attached hydrogen (secondary N) is 1. The maximum atomic E-state index is 9.03. The lowest BCUT2D eigenvalue weighted by atomic mass is 10.0. The Morgan fingerprint density at radius 3 is 2.67 bits per heavy atom. The van der Waals surface area contributed by atoms with E-state index in [1.807, 2.05) is 13.0 Å². The fraction of sp³-hybridized carbons (Fsp3) is 0.714. The summed E-state index contributed by atoms with van der Waals surface area (Å²) in [4.78, 5) is 8.75. The first-order chi connectivity index (χ1) is 8.69. The largest absolute Gasteiger partial charge is 0.396 e. The Bertz CT molecular complexity index is 349. The highest BCUT2D eigenvalue weighted by Gasteiger charge is 2.08. The normalized spacial score (nSPS) is 12.4. The molecule has 102 valence electrons. The highest BCUT2D eigenvalue weighted by Crippen LogP contribution is 2.13. The van der Waals surface area contributed by atoms with Crippen LogP contribution >= 0.6 is 0 Å². The van der Waals surface area contributed by atoms with Crippen molar-refractivity contribution in [2.24, 2.45) is 5.92 Å². The Kier molecular flexibility index (Phi) is 6.65. The quantitative estimate of drug-likeness (QED) is 0.745. The number of aromatic nitrogens is 2. The molecule has 0 amide bonds. The number of nitrogens with zero attached hydrogens (tertiary/aromatic N) is 2. The van der Waals surface area contributed by atoms with Crippen LogP contribution in [-0.2, 0) is 6.42 Å². The number of hydrogen-bond donors (Lipinski definition) is 2. The molecule has 1 aromatic heterocycles. The maximum Gasteiger partial charge on any atom is 0.129 e. The highest BCUT2D eigenvalue weighted by atomic mass is 16.3. The van der Waals surface area contributed by atoms with Crippen molar-refractivity contribution in [1.82, 2.24) is 9.97 Å². The van der Waals surface area contributed by atoms with Crippen molar-refractivity contribution in [2.75, 3.05) is 18.5 Å². The topological polar surface area (TPSA) is 58.0 Å². The minimum Gasteiger partial charge on any atom is -0.396 e. The van der Waals surface area contributed by atoms with Gasteiger partial charge in [-0.05, 0) is 32.1 Å². The Labute approximate surface area is 110 Å². The number of aliphatic hydroxyl groups excluding tert-OH is 1. The molecule has 0 bridgehead atoms. The summed E-state index contributed by atoms with van der Waals surface area (Å²) < 4.78 is 0. The van der Waals surface area contributed by atoms with Crippen molar-refractivity contribution in [3.63, 3.8) is 0 Å². The molecule has 0 aliphatic carbocycles. The molecule has 2 N–H and O–H groups in total. The van der Waals surface area contributed by atoms with Crippen molar-refractivity contribution in [3.05, 3.63) is 17.6 Å². The molecular formula is C14H25N3O. The number of aryl methyl sites for hydroxylation is 2. The second-order valence-corrected chi connectivity index (χ2v) is 4.69. The molecule has 1 atom stereocenters. The molecule has 0 aromatic carbocycles. The molecule has 1 aromatic rings. The molecule has 1 unspecified atom stereocenters. The van der Waals surface area contributed by atoms with Gasteiger partial charge in [0, 0.05) is 24.9 Å². The SMILES string of the molecule is CCCC(CCO)CNc1cc(CC)nc(C)n1. The van der Waals surface area contributed by atoms with E-state index in [0.717, 1.165) is 49.6 Å². The first-order valence-corrected chi connectivity index (χ1v) is 6.88. The Balaban J connectivity index is 2.57. The molecule has 4 heteroatoms. The van der Waals surface area contributed by atoms with Crippen molar-refractivity contribution >= 4 is 5.82 Å². The molecule has 0 radical (unpaired) electrons. The summed E-state index contributed by atoms with van der Waals surface area (Å²) in [5.41, 5.74) is 1.07. The summed E-state index contributed by atoms with van der Waals surface area (Å²) in [5.74, 6) is 2.23. The van der Waals surface area contributed by atoms with Crippen molar-refractivity contribution in [1.29, 1.82) is 0 Å². The van der Waals surface area contributed by atoms with Gasteiger partial charge in [0.15, 0.2) is 0 Å². The summed E-state index contributed by atoms with van der Waals surface area (Å²) >= 11 is 0. The minimum atomic E-state index is 0.259. The monoisotopic (exact) mass is 251 g/mol. The van der Waals surface area contributed by atoms with Crippen LogP contribution in [0, 0.1) is 12.8 Å². The van der Waals surface area contributed by atoms with Crippen LogP contribution < -0.4 is 5.32 Å². The second-order valence-electron chi connectivity index (χ2n) is 4.69. The van der Waals surface area contributed by atoms with Gasteiger partial charge in [0.1, 0.15) is 11.6 Å². The van der Waals surface area contributed by atoms with E-state index < -0.39 is 0 Å². The van der Waals surface area contributed by atoms with Gasteiger partial charge in [0.05, 0.1) is 0 Å². The van der Waals surface area contributed by atoms with Crippen LogP contribution in [0.3, 0.4) is 0 Å². The number of rotatable bonds is 8. The molecule has 0 aliphatic rings. The first-order valence-electron chi connectivity index (χ1n) is 6.88. The average Bonchev–Trinajstić information content (AvgIpc) is 2.36. The second kappa shape index (κ2) is 8.03. The lowest BCUT2D eigenvalue weighted by Gasteiger charge is -2.16. The fourth-order valence-electron chi connectivity index (χ4n) is 2.09. The standard InChI is InChI=1S/C14H25N3O/c1-4-6-12(7-8-18)10-15-14-9-13(5-2)16-11(3)17-14/h9,12,18H,4-8,10H2,1-3H3,(H,15,16,17). The molecule has 1 rings (SSSR count). The zero-order valence-electron chi connectivity index (χ0n) is 11.7. The Hall–Kier alpha value is -1.16. The molecule has 0 spiro atoms. The van der Waals surface area contributed by atoms with Gasteiger partial charge in [-0.1, -0.05) is 20.3 Å². The molecule has 0 fully saturated rings. The van der Waals surface area contributed by atoms with Gasteiger partial charge in [0.2, 0.25) is 0 Å². The van der Waals surface area contributed by atoms with E-state index in [-0.39, 0.29) is 6.61 Å². The molecule has 1 heterocycles. The van der Waals surface area contributed by atoms with E-state index in [4.69, 9.17) is 5.11 Å². The Morgan fingerprint density at radius 2 is 2.06 bits per heavy atom. The van der Waals surface area contributed by atoms with Crippen LogP contribution in [0.15, 0.2) is 6.07 Å². The molecule has 0 saturated heterocycles. The highest BCUT2D eigenvalue weighted by molar-refractivity contribution is 5.36. The van der Waals surface area contributed by atoms with Crippen LogP contribution in [0.5, 0.6) is 0 Å². The van der Waals surface area contributed by atoms with Gasteiger partial charge in [-0.15, -0.1) is 0 Å². The molecule has 0 aliphatic heterocycles. The number of aliphatic hydroxyl groups is 1. The van der Waals surface area contributed by atoms with Crippen molar-refractivity contribution in [3.8, 4) is 0 Å². The predicted molar refractivity (Wildman–Crippen MR) is 74.7 cm³/mol. The van der Waals surface area contributed by atoms with E-state index in [2.05, 4.69) is 29.1 Å². The summed E-state index contributed by atoms with van der Waals surface area (Å²) in [6, 6.07) is 2.01. The lowest BCUT2D eigenvalue weighted by molar-refractivity contribution is 0.255. The van der Waals surface area contributed by atoms with Gasteiger partial charge in [-0.25, -0.2) is 9.97 Å². The third-order valence-corrected chi connectivity index (χ3v) is 3.06. The number of hydrogen-bond acceptors (Lipinski definition) is 4. The van der Waals surface area contributed by atoms with Gasteiger partial charge in [-0.3, -0.25) is 0 Å². The summed E-state index contributed by atoms with van der Waals surface area (Å²) in [5, 5.41) is 12.4. The van der Waals surface area contributed by atoms with E-state index in [0.29, 0.717) is 5.92 Å². The molecule has 0 saturated carbocycles. The summed E-state index contributed by atoms with van der Waals surface area (Å²) in [6.07, 6.45) is 4.06. The zero-order chi connectivity index (χ0) is 13.4. The average molecular weight is 251 g/mol. The van der Waals surface area contributed by atoms with Gasteiger partial charge in [-0.2, -0.15) is 0 Å². The number of anilines is 1. The lowest BCUT2D eigenvalue weighted by Crippen LogP contribution is -2.17. The van der Waals surface area contributed by atoms with Crippen LogP contribution in [0.4, 0.5) is 5.82 Å². The van der Waals surface area contributed by atoms with Crippen molar-refractivity contribution in [2.45, 2.75) is 46.5 Å². The van der Waals surface area contributed by atoms with Crippen LogP contribution in [-0.4, -0.2) is 28.2 Å². The van der Waals surface area contributed by atoms with Gasteiger partial charge < -0.3 is 10.4 Å². The third-order valence-electron chi connectivity index (χ3n) is 3.06. The maximum absolute atomic E-state index is 9.03. The van der Waals surface area contributed by atoms with E-state index >= 15 is 0 Å². The van der Waals surface area contributed by atoms with E-state index in [1.165, 1.54) is 0 Å². The van der Waals surface area contributed by atoms with E-state index in [1.54, 1.807) is 0 Å². The minimum absolute atomic E-state index is 0.259. The third kappa shape index (κ3) is 5.00. The molecule has 18 heavy (non-hydrogen) atoms. The van der Waals surface area contributed by atoms with Crippen LogP contribution in [0.2, 0.25) is 0 Å². The van der Waals surface area contributed by atoms with Gasteiger partial charge in [0.25, 0.3) is 0 Å². The Morgan fingerprint density at radius 1 is 1.28 bits per heavy atom. The first kappa shape index (κ1) is 14.9. The smallest absolute Gasteiger partial charge is 0.129 e. The van der Waals surface area contributed by atoms with Crippen LogP contribution in [0.25, 0.3) is 0 Å². The summed E-state index contributed by atoms with van der Waals surface area (Å²) in [7, 11) is 0. The summed E-state index contributed by atoms with van der Waals surface area (Å²) in [6.45, 7) is 7.32. The van der Waals surface area contributed by atoms with E-state index in [9.17, 15) is 0 Å². The zero-order valence-corrected chi connectivity index (χ0v) is 11.7. The molecule has 4 nitrogen and oxygen atoms in total. The van der Waals surface area contributed by atoms with Gasteiger partial charge >= 0.3 is 0 Å². The molecular weight excluding hydrogens is 226 g/mol. The van der Waals surface area contributed by atoms with Crippen molar-refractivity contribution < 1.29 is 5.11 Å².